The van der Waals surface area contributed by atoms with Crippen molar-refractivity contribution in [3.8, 4) is 22.8 Å². The highest BCUT2D eigenvalue weighted by Crippen LogP contribution is 2.38. The molecule has 1 aromatic carbocycles. The predicted molar refractivity (Wildman–Crippen MR) is 88.7 cm³/mol. The molecule has 0 saturated carbocycles. The van der Waals surface area contributed by atoms with Gasteiger partial charge in [0.1, 0.15) is 5.76 Å². The van der Waals surface area contributed by atoms with E-state index in [0.29, 0.717) is 52.7 Å². The maximum atomic E-state index is 12.9. The highest BCUT2D eigenvalue weighted by molar-refractivity contribution is 7.09. The number of rotatable bonds is 1. The molecule has 1 aliphatic heterocycles. The zero-order valence-corrected chi connectivity index (χ0v) is 13.7. The summed E-state index contributed by atoms with van der Waals surface area (Å²) >= 11 is 1.51. The number of fused-ring (bicyclic) bond motifs is 3. The van der Waals surface area contributed by atoms with Crippen LogP contribution in [0.15, 0.2) is 26.7 Å². The van der Waals surface area contributed by atoms with Gasteiger partial charge in [0.05, 0.1) is 34.9 Å². The summed E-state index contributed by atoms with van der Waals surface area (Å²) in [7, 11) is 0. The molecule has 0 atom stereocenters. The van der Waals surface area contributed by atoms with Gasteiger partial charge in [-0.05, 0) is 26.0 Å². The molecular weight excluding hydrogens is 314 g/mol. The van der Waals surface area contributed by atoms with E-state index < -0.39 is 0 Å². The minimum atomic E-state index is -0.0929. The molecule has 6 heteroatoms. The number of hydrogen-bond acceptors (Lipinski definition) is 6. The van der Waals surface area contributed by atoms with Gasteiger partial charge in [-0.1, -0.05) is 0 Å². The van der Waals surface area contributed by atoms with Gasteiger partial charge < -0.3 is 13.9 Å². The Balaban J connectivity index is 2.01. The van der Waals surface area contributed by atoms with Gasteiger partial charge >= 0.3 is 0 Å². The first-order valence-electron chi connectivity index (χ1n) is 7.43. The van der Waals surface area contributed by atoms with E-state index in [1.165, 1.54) is 11.3 Å². The fraction of sp³-hybridized carbons (Fsp3) is 0.294. The average molecular weight is 329 g/mol. The molecule has 0 N–H and O–H groups in total. The summed E-state index contributed by atoms with van der Waals surface area (Å²) in [6.07, 6.45) is 0.801. The fourth-order valence-corrected chi connectivity index (χ4v) is 3.37. The second-order valence-corrected chi connectivity index (χ2v) is 6.50. The molecule has 0 spiro atoms. The van der Waals surface area contributed by atoms with E-state index in [0.717, 1.165) is 11.4 Å². The van der Waals surface area contributed by atoms with E-state index in [1.807, 2.05) is 12.3 Å². The number of ether oxygens (including phenoxy) is 2. The van der Waals surface area contributed by atoms with Crippen molar-refractivity contribution in [2.45, 2.75) is 20.3 Å². The lowest BCUT2D eigenvalue weighted by atomic mass is 10.1. The van der Waals surface area contributed by atoms with Crippen LogP contribution in [0.3, 0.4) is 0 Å². The third-order valence-corrected chi connectivity index (χ3v) is 4.60. The molecule has 0 fully saturated rings. The molecule has 3 aromatic rings. The lowest BCUT2D eigenvalue weighted by molar-refractivity contribution is 0.296. The molecule has 118 valence electrons. The van der Waals surface area contributed by atoms with Crippen LogP contribution in [0, 0.1) is 13.8 Å². The largest absolute Gasteiger partial charge is 0.489 e. The zero-order valence-electron chi connectivity index (χ0n) is 12.8. The second kappa shape index (κ2) is 5.38. The Bertz CT molecular complexity index is 957. The van der Waals surface area contributed by atoms with Crippen molar-refractivity contribution in [2.24, 2.45) is 0 Å². The van der Waals surface area contributed by atoms with E-state index in [4.69, 9.17) is 13.9 Å². The first-order valence-corrected chi connectivity index (χ1v) is 8.31. The highest BCUT2D eigenvalue weighted by atomic mass is 32.1. The van der Waals surface area contributed by atoms with Gasteiger partial charge in [-0.3, -0.25) is 4.79 Å². The van der Waals surface area contributed by atoms with Crippen molar-refractivity contribution in [3.05, 3.63) is 38.5 Å². The van der Waals surface area contributed by atoms with Crippen molar-refractivity contribution < 1.29 is 13.9 Å². The number of aromatic nitrogens is 1. The molecule has 0 amide bonds. The number of aryl methyl sites for hydroxylation is 2. The topological polar surface area (TPSA) is 61.6 Å². The molecule has 5 nitrogen and oxygen atoms in total. The van der Waals surface area contributed by atoms with Gasteiger partial charge in [-0.2, -0.15) is 0 Å². The lowest BCUT2D eigenvalue weighted by Gasteiger charge is -2.11. The van der Waals surface area contributed by atoms with Gasteiger partial charge in [0.25, 0.3) is 0 Å². The Labute approximate surface area is 136 Å². The van der Waals surface area contributed by atoms with Gasteiger partial charge in [-0.15, -0.1) is 11.3 Å². The highest BCUT2D eigenvalue weighted by Gasteiger charge is 2.21. The number of thiazole rings is 1. The summed E-state index contributed by atoms with van der Waals surface area (Å²) in [5.74, 6) is 1.67. The van der Waals surface area contributed by atoms with E-state index in [9.17, 15) is 4.79 Å². The molecule has 4 rings (SSSR count). The summed E-state index contributed by atoms with van der Waals surface area (Å²) in [4.78, 5) is 17.4. The van der Waals surface area contributed by atoms with Crippen LogP contribution < -0.4 is 14.9 Å². The molecule has 0 unspecified atom stereocenters. The van der Waals surface area contributed by atoms with Crippen molar-refractivity contribution in [2.75, 3.05) is 13.2 Å². The first kappa shape index (κ1) is 14.3. The number of benzene rings is 1. The normalized spacial score (nSPS) is 14.0. The van der Waals surface area contributed by atoms with Crippen molar-refractivity contribution >= 4 is 22.3 Å². The van der Waals surface area contributed by atoms with Crippen LogP contribution in [-0.4, -0.2) is 18.2 Å². The van der Waals surface area contributed by atoms with Crippen LogP contribution in [0.25, 0.3) is 22.2 Å². The van der Waals surface area contributed by atoms with Gasteiger partial charge in [-0.25, -0.2) is 4.98 Å². The molecule has 3 heterocycles. The van der Waals surface area contributed by atoms with Gasteiger partial charge in [0.2, 0.25) is 11.2 Å². The number of nitrogens with zero attached hydrogens (tertiary/aromatic N) is 1. The predicted octanol–water partition coefficient (Wildman–Crippen LogP) is 3.69. The third kappa shape index (κ3) is 2.30. The van der Waals surface area contributed by atoms with Gasteiger partial charge in [0.15, 0.2) is 11.3 Å². The van der Waals surface area contributed by atoms with E-state index >= 15 is 0 Å². The summed E-state index contributed by atoms with van der Waals surface area (Å²) in [5, 5.41) is 3.28. The fourth-order valence-electron chi connectivity index (χ4n) is 2.76. The molecule has 1 aliphatic rings. The van der Waals surface area contributed by atoms with Crippen LogP contribution in [0.5, 0.6) is 11.5 Å². The van der Waals surface area contributed by atoms with Crippen LogP contribution in [0.4, 0.5) is 0 Å². The van der Waals surface area contributed by atoms with Crippen LogP contribution in [-0.2, 0) is 0 Å². The van der Waals surface area contributed by atoms with Crippen molar-refractivity contribution in [1.29, 1.82) is 0 Å². The maximum Gasteiger partial charge on any atom is 0.205 e. The van der Waals surface area contributed by atoms with Crippen LogP contribution in [0.1, 0.15) is 17.2 Å². The SMILES string of the molecule is Cc1nc(-c2c(C)oc3c4c(ccc3c2=O)OCCCO4)cs1. The molecule has 0 aliphatic carbocycles. The summed E-state index contributed by atoms with van der Waals surface area (Å²) in [6, 6.07) is 3.50. The molecular formula is C17H15NO4S. The standard InChI is InChI=1S/C17H15NO4S/c1-9-14(12-8-23-10(2)18-12)15(19)11-4-5-13-17(16(11)22-9)21-7-3-6-20-13/h4-5,8H,3,6-7H2,1-2H3. The molecule has 23 heavy (non-hydrogen) atoms. The summed E-state index contributed by atoms with van der Waals surface area (Å²) in [6.45, 7) is 4.83. The van der Waals surface area contributed by atoms with E-state index in [2.05, 4.69) is 4.98 Å². The minimum Gasteiger partial charge on any atom is -0.489 e. The Hall–Kier alpha value is -2.34. The Morgan fingerprint density at radius 1 is 1.17 bits per heavy atom. The summed E-state index contributed by atoms with van der Waals surface area (Å²) < 4.78 is 17.4. The van der Waals surface area contributed by atoms with Crippen molar-refractivity contribution in [1.82, 2.24) is 4.98 Å². The summed E-state index contributed by atoms with van der Waals surface area (Å²) in [5.41, 5.74) is 1.52. The monoisotopic (exact) mass is 329 g/mol. The minimum absolute atomic E-state index is 0.0929. The Kier molecular flexibility index (Phi) is 3.34. The quantitative estimate of drug-likeness (QED) is 0.681. The Morgan fingerprint density at radius 3 is 2.78 bits per heavy atom. The molecule has 0 saturated heterocycles. The van der Waals surface area contributed by atoms with Crippen LogP contribution >= 0.6 is 11.3 Å². The molecule has 0 radical (unpaired) electrons. The lowest BCUT2D eigenvalue weighted by Crippen LogP contribution is -2.08. The maximum absolute atomic E-state index is 12.9. The zero-order chi connectivity index (χ0) is 16.0. The van der Waals surface area contributed by atoms with E-state index in [-0.39, 0.29) is 5.43 Å². The number of hydrogen-bond donors (Lipinski definition) is 0. The van der Waals surface area contributed by atoms with Gasteiger partial charge in [0, 0.05) is 11.8 Å². The molecule has 2 aromatic heterocycles. The van der Waals surface area contributed by atoms with E-state index in [1.54, 1.807) is 19.1 Å². The van der Waals surface area contributed by atoms with Crippen molar-refractivity contribution in [3.63, 3.8) is 0 Å². The first-order chi connectivity index (χ1) is 11.1. The average Bonchev–Trinajstić information content (AvgIpc) is 2.81. The smallest absolute Gasteiger partial charge is 0.205 e. The Morgan fingerprint density at radius 2 is 2.00 bits per heavy atom. The second-order valence-electron chi connectivity index (χ2n) is 5.43. The van der Waals surface area contributed by atoms with Crippen LogP contribution in [0.2, 0.25) is 0 Å². The third-order valence-electron chi connectivity index (χ3n) is 3.82. The molecule has 0 bridgehead atoms.